The predicted octanol–water partition coefficient (Wildman–Crippen LogP) is 5.14. The van der Waals surface area contributed by atoms with E-state index in [9.17, 15) is 23.1 Å². The highest BCUT2D eigenvalue weighted by Crippen LogP contribution is 2.34. The lowest BCUT2D eigenvalue weighted by molar-refractivity contribution is -0.141. The first-order valence-corrected chi connectivity index (χ1v) is 10.5. The molecule has 176 valence electrons. The second-order valence-corrected chi connectivity index (χ2v) is 8.34. The number of aromatic nitrogens is 3. The van der Waals surface area contributed by atoms with Crippen LogP contribution in [0.2, 0.25) is 10.0 Å². The van der Waals surface area contributed by atoms with Gasteiger partial charge in [-0.3, -0.25) is 4.79 Å². The molecule has 0 aliphatic heterocycles. The van der Waals surface area contributed by atoms with Gasteiger partial charge in [-0.2, -0.15) is 18.3 Å². The minimum absolute atomic E-state index is 0.0300. The summed E-state index contributed by atoms with van der Waals surface area (Å²) in [5.74, 6) is -0.571. The molecule has 0 saturated carbocycles. The van der Waals surface area contributed by atoms with Crippen molar-refractivity contribution in [3.8, 4) is 5.82 Å². The van der Waals surface area contributed by atoms with Crippen LogP contribution in [0.15, 0.2) is 36.5 Å². The Labute approximate surface area is 197 Å². The molecule has 7 nitrogen and oxygen atoms in total. The highest BCUT2D eigenvalue weighted by atomic mass is 35.5. The monoisotopic (exact) mass is 501 g/mol. The van der Waals surface area contributed by atoms with Crippen molar-refractivity contribution < 1.29 is 23.1 Å². The second kappa shape index (κ2) is 9.58. The molecule has 0 spiro atoms. The van der Waals surface area contributed by atoms with Crippen molar-refractivity contribution in [2.45, 2.75) is 39.2 Å². The zero-order chi connectivity index (χ0) is 24.5. The number of aliphatic hydroxyl groups excluding tert-OH is 1. The first-order valence-electron chi connectivity index (χ1n) is 9.72. The quantitative estimate of drug-likeness (QED) is 0.406. The van der Waals surface area contributed by atoms with E-state index in [0.29, 0.717) is 11.6 Å². The Morgan fingerprint density at radius 2 is 1.91 bits per heavy atom. The van der Waals surface area contributed by atoms with Crippen molar-refractivity contribution in [1.29, 1.82) is 0 Å². The molecule has 1 atom stereocenters. The number of carbonyl (C=O) groups excluding carboxylic acids is 1. The number of hydrogen-bond donors (Lipinski definition) is 3. The van der Waals surface area contributed by atoms with E-state index >= 15 is 0 Å². The number of anilines is 1. The number of alkyl halides is 3. The van der Waals surface area contributed by atoms with Crippen molar-refractivity contribution in [2.75, 3.05) is 5.32 Å². The average Bonchev–Trinajstić information content (AvgIpc) is 3.15. The number of carbonyl (C=O) groups is 1. The smallest absolute Gasteiger partial charge is 0.368 e. The maximum Gasteiger partial charge on any atom is 0.435 e. The second-order valence-electron chi connectivity index (χ2n) is 7.49. The molecule has 0 aliphatic rings. The van der Waals surface area contributed by atoms with Crippen LogP contribution in [0.5, 0.6) is 0 Å². The van der Waals surface area contributed by atoms with Crippen molar-refractivity contribution in [3.05, 3.63) is 69.1 Å². The Hall–Kier alpha value is -2.82. The van der Waals surface area contributed by atoms with E-state index in [-0.39, 0.29) is 38.8 Å². The third-order valence-corrected chi connectivity index (χ3v) is 5.01. The van der Waals surface area contributed by atoms with Gasteiger partial charge in [0.05, 0.1) is 22.0 Å². The molecule has 3 N–H and O–H groups in total. The number of aliphatic hydroxyl groups is 1. The van der Waals surface area contributed by atoms with Gasteiger partial charge in [-0.25, -0.2) is 9.67 Å². The standard InChI is InChI=1S/C21H20Cl2F3N5O2/c1-10(2)28-19(32)13-8-12(22)7-11(3)17(13)29-20(33)15-9-16(21(24,25)26)30-31(15)18-14(23)5-4-6-27-18/h4-10,20,29,33H,1-3H3,(H,28,32). The lowest BCUT2D eigenvalue weighted by Crippen LogP contribution is -2.31. The molecular formula is C21H20Cl2F3N5O2. The van der Waals surface area contributed by atoms with Crippen molar-refractivity contribution >= 4 is 34.8 Å². The molecule has 2 aromatic heterocycles. The summed E-state index contributed by atoms with van der Waals surface area (Å²) in [7, 11) is 0. The first-order chi connectivity index (χ1) is 15.4. The average molecular weight is 502 g/mol. The third-order valence-electron chi connectivity index (χ3n) is 4.49. The van der Waals surface area contributed by atoms with Crippen LogP contribution < -0.4 is 10.6 Å². The minimum atomic E-state index is -4.78. The molecule has 2 heterocycles. The third kappa shape index (κ3) is 5.58. The molecule has 0 saturated heterocycles. The maximum atomic E-state index is 13.4. The summed E-state index contributed by atoms with van der Waals surface area (Å²) in [4.78, 5) is 16.7. The topological polar surface area (TPSA) is 92.1 Å². The van der Waals surface area contributed by atoms with Gasteiger partial charge in [-0.1, -0.05) is 23.2 Å². The number of rotatable bonds is 6. The summed E-state index contributed by atoms with van der Waals surface area (Å²) < 4.78 is 41.0. The van der Waals surface area contributed by atoms with Gasteiger partial charge < -0.3 is 15.7 Å². The summed E-state index contributed by atoms with van der Waals surface area (Å²) in [5.41, 5.74) is -0.726. The van der Waals surface area contributed by atoms with Crippen LogP contribution in [-0.2, 0) is 6.18 Å². The largest absolute Gasteiger partial charge is 0.435 e. The zero-order valence-electron chi connectivity index (χ0n) is 17.7. The van der Waals surface area contributed by atoms with Crippen LogP contribution in [-0.4, -0.2) is 31.8 Å². The number of hydrogen-bond acceptors (Lipinski definition) is 5. The van der Waals surface area contributed by atoms with Crippen LogP contribution in [0, 0.1) is 6.92 Å². The summed E-state index contributed by atoms with van der Waals surface area (Å²) in [6.07, 6.45) is -5.16. The number of nitrogens with zero attached hydrogens (tertiary/aromatic N) is 3. The molecule has 1 unspecified atom stereocenters. The molecular weight excluding hydrogens is 482 g/mol. The van der Waals surface area contributed by atoms with E-state index in [4.69, 9.17) is 23.2 Å². The van der Waals surface area contributed by atoms with Crippen molar-refractivity contribution in [1.82, 2.24) is 20.1 Å². The molecule has 1 amide bonds. The summed E-state index contributed by atoms with van der Waals surface area (Å²) in [5, 5.41) is 20.2. The molecule has 33 heavy (non-hydrogen) atoms. The normalized spacial score (nSPS) is 12.7. The number of halogens is 5. The molecule has 3 aromatic rings. The Bertz CT molecular complexity index is 1180. The van der Waals surface area contributed by atoms with Gasteiger partial charge in [0.2, 0.25) is 0 Å². The fourth-order valence-corrected chi connectivity index (χ4v) is 3.57. The SMILES string of the molecule is Cc1cc(Cl)cc(C(=O)NC(C)C)c1NC(O)c1cc(C(F)(F)F)nn1-c1ncccc1Cl. The molecule has 0 bridgehead atoms. The Kier molecular flexibility index (Phi) is 7.20. The summed E-state index contributed by atoms with van der Waals surface area (Å²) >= 11 is 12.2. The summed E-state index contributed by atoms with van der Waals surface area (Å²) in [6.45, 7) is 5.18. The lowest BCUT2D eigenvalue weighted by Gasteiger charge is -2.21. The van der Waals surface area contributed by atoms with Crippen LogP contribution >= 0.6 is 23.2 Å². The lowest BCUT2D eigenvalue weighted by atomic mass is 10.1. The van der Waals surface area contributed by atoms with Crippen molar-refractivity contribution in [3.63, 3.8) is 0 Å². The number of benzene rings is 1. The van der Waals surface area contributed by atoms with E-state index < -0.39 is 24.0 Å². The maximum absolute atomic E-state index is 13.4. The Balaban J connectivity index is 2.09. The number of nitrogens with one attached hydrogen (secondary N) is 2. The van der Waals surface area contributed by atoms with Gasteiger partial charge >= 0.3 is 6.18 Å². The van der Waals surface area contributed by atoms with Gasteiger partial charge in [-0.05, 0) is 56.7 Å². The number of aryl methyl sites for hydroxylation is 1. The number of pyridine rings is 1. The number of amides is 1. The Morgan fingerprint density at radius 1 is 1.21 bits per heavy atom. The summed E-state index contributed by atoms with van der Waals surface area (Å²) in [6, 6.07) is 6.38. The van der Waals surface area contributed by atoms with Crippen LogP contribution in [0.4, 0.5) is 18.9 Å². The van der Waals surface area contributed by atoms with Crippen LogP contribution in [0.25, 0.3) is 5.82 Å². The Morgan fingerprint density at radius 3 is 2.52 bits per heavy atom. The highest BCUT2D eigenvalue weighted by molar-refractivity contribution is 6.32. The van der Waals surface area contributed by atoms with Gasteiger partial charge in [0, 0.05) is 17.3 Å². The van der Waals surface area contributed by atoms with Crippen molar-refractivity contribution in [2.24, 2.45) is 0 Å². The van der Waals surface area contributed by atoms with Gasteiger partial charge in [0.1, 0.15) is 0 Å². The molecule has 12 heteroatoms. The predicted molar refractivity (Wildman–Crippen MR) is 119 cm³/mol. The van der Waals surface area contributed by atoms with E-state index in [1.54, 1.807) is 26.8 Å². The molecule has 3 rings (SSSR count). The minimum Gasteiger partial charge on any atom is -0.368 e. The van der Waals surface area contributed by atoms with Gasteiger partial charge in [0.15, 0.2) is 17.7 Å². The van der Waals surface area contributed by atoms with E-state index in [0.717, 1.165) is 4.68 Å². The fourth-order valence-electron chi connectivity index (χ4n) is 3.10. The van der Waals surface area contributed by atoms with Crippen LogP contribution in [0.1, 0.15) is 47.4 Å². The van der Waals surface area contributed by atoms with E-state index in [1.165, 1.54) is 24.4 Å². The molecule has 0 fully saturated rings. The molecule has 1 aromatic carbocycles. The molecule has 0 radical (unpaired) electrons. The molecule has 0 aliphatic carbocycles. The van der Waals surface area contributed by atoms with Crippen LogP contribution in [0.3, 0.4) is 0 Å². The zero-order valence-corrected chi connectivity index (χ0v) is 19.2. The van der Waals surface area contributed by atoms with Gasteiger partial charge in [-0.15, -0.1) is 0 Å². The first kappa shape index (κ1) is 24.8. The van der Waals surface area contributed by atoms with Gasteiger partial charge in [0.25, 0.3) is 5.91 Å². The highest BCUT2D eigenvalue weighted by Gasteiger charge is 2.36. The van der Waals surface area contributed by atoms with E-state index in [2.05, 4.69) is 20.7 Å². The fraction of sp³-hybridized carbons (Fsp3) is 0.286. The van der Waals surface area contributed by atoms with E-state index in [1.807, 2.05) is 0 Å².